The fourth-order valence-corrected chi connectivity index (χ4v) is 1.40. The second kappa shape index (κ2) is 5.60. The van der Waals surface area contributed by atoms with E-state index in [4.69, 9.17) is 17.3 Å². The van der Waals surface area contributed by atoms with E-state index in [1.54, 1.807) is 6.92 Å². The fraction of sp³-hybridized carbons (Fsp3) is 0.300. The molecule has 1 aromatic rings. The number of hydrogen-bond acceptors (Lipinski definition) is 4. The van der Waals surface area contributed by atoms with Crippen molar-refractivity contribution in [2.24, 2.45) is 5.73 Å². The molecule has 0 radical (unpaired) electrons. The molecule has 1 amide bonds. The maximum absolute atomic E-state index is 11.5. The number of amides is 1. The molecule has 6 nitrogen and oxygen atoms in total. The molecule has 0 heterocycles. The highest BCUT2D eigenvalue weighted by molar-refractivity contribution is 6.33. The lowest BCUT2D eigenvalue weighted by molar-refractivity contribution is -0.384. The normalized spacial score (nSPS) is 11.9. The van der Waals surface area contributed by atoms with Crippen molar-refractivity contribution in [3.05, 3.63) is 33.3 Å². The van der Waals surface area contributed by atoms with Gasteiger partial charge in [0.2, 0.25) is 5.91 Å². The molecule has 0 aromatic heterocycles. The molecule has 0 fully saturated rings. The van der Waals surface area contributed by atoms with Gasteiger partial charge < -0.3 is 11.1 Å². The Morgan fingerprint density at radius 3 is 2.76 bits per heavy atom. The van der Waals surface area contributed by atoms with Gasteiger partial charge in [0.25, 0.3) is 5.69 Å². The van der Waals surface area contributed by atoms with Gasteiger partial charge in [-0.1, -0.05) is 18.5 Å². The number of nitrogens with one attached hydrogen (secondary N) is 1. The van der Waals surface area contributed by atoms with Crippen LogP contribution in [0.25, 0.3) is 0 Å². The molecule has 1 aromatic carbocycles. The number of carbonyl (C=O) groups is 1. The summed E-state index contributed by atoms with van der Waals surface area (Å²) in [6.07, 6.45) is 0.506. The maximum atomic E-state index is 11.5. The molecule has 1 rings (SSSR count). The Balaban J connectivity index is 2.84. The summed E-state index contributed by atoms with van der Waals surface area (Å²) in [7, 11) is 0. The van der Waals surface area contributed by atoms with E-state index in [0.29, 0.717) is 12.1 Å². The zero-order valence-corrected chi connectivity index (χ0v) is 9.90. The molecule has 0 spiro atoms. The van der Waals surface area contributed by atoms with E-state index in [0.717, 1.165) is 0 Å². The first-order chi connectivity index (χ1) is 7.95. The monoisotopic (exact) mass is 257 g/mol. The van der Waals surface area contributed by atoms with E-state index in [9.17, 15) is 14.9 Å². The molecule has 0 bridgehead atoms. The summed E-state index contributed by atoms with van der Waals surface area (Å²) in [5.74, 6) is -0.350. The van der Waals surface area contributed by atoms with Crippen molar-refractivity contribution in [2.75, 3.05) is 5.32 Å². The Hall–Kier alpha value is -1.66. The molecule has 0 aliphatic heterocycles. The molecule has 17 heavy (non-hydrogen) atoms. The summed E-state index contributed by atoms with van der Waals surface area (Å²) in [6, 6.07) is 3.35. The molecular formula is C10H12ClN3O3. The van der Waals surface area contributed by atoms with Crippen molar-refractivity contribution in [3.63, 3.8) is 0 Å². The quantitative estimate of drug-likeness (QED) is 0.636. The number of nitrogens with zero attached hydrogens (tertiary/aromatic N) is 1. The van der Waals surface area contributed by atoms with Gasteiger partial charge in [0.05, 0.1) is 11.0 Å². The molecular weight excluding hydrogens is 246 g/mol. The predicted octanol–water partition coefficient (Wildman–Crippen LogP) is 1.92. The lowest BCUT2D eigenvalue weighted by atomic mass is 10.2. The molecule has 0 aliphatic rings. The lowest BCUT2D eigenvalue weighted by Crippen LogP contribution is -2.34. The predicted molar refractivity (Wildman–Crippen MR) is 65.0 cm³/mol. The third-order valence-electron chi connectivity index (χ3n) is 2.19. The third-order valence-corrected chi connectivity index (χ3v) is 2.49. The van der Waals surface area contributed by atoms with Crippen molar-refractivity contribution in [2.45, 2.75) is 19.4 Å². The summed E-state index contributed by atoms with van der Waals surface area (Å²) < 4.78 is 0. The first kappa shape index (κ1) is 13.4. The second-order valence-electron chi connectivity index (χ2n) is 3.43. The Bertz CT molecular complexity index is 450. The van der Waals surface area contributed by atoms with E-state index in [1.807, 2.05) is 0 Å². The van der Waals surface area contributed by atoms with Gasteiger partial charge in [-0.15, -0.1) is 0 Å². The third kappa shape index (κ3) is 3.40. The molecule has 0 unspecified atom stereocenters. The number of benzene rings is 1. The van der Waals surface area contributed by atoms with Crippen LogP contribution in [0.2, 0.25) is 5.02 Å². The largest absolute Gasteiger partial charge is 0.325 e. The number of halogens is 1. The number of nitro benzene ring substituents is 1. The van der Waals surface area contributed by atoms with Gasteiger partial charge in [0, 0.05) is 11.8 Å². The summed E-state index contributed by atoms with van der Waals surface area (Å²) in [5, 5.41) is 13.0. The van der Waals surface area contributed by atoms with E-state index in [-0.39, 0.29) is 16.6 Å². The lowest BCUT2D eigenvalue weighted by Gasteiger charge is -2.10. The summed E-state index contributed by atoms with van der Waals surface area (Å²) in [6.45, 7) is 1.78. The number of carbonyl (C=O) groups excluding carboxylic acids is 1. The standard InChI is InChI=1S/C10H12ClN3O3/c1-2-8(12)10(15)13-6-3-4-9(14(16)17)7(11)5-6/h3-5,8H,2,12H2,1H3,(H,13,15)/t8-/m0/s1. The van der Waals surface area contributed by atoms with Gasteiger partial charge in [0.1, 0.15) is 5.02 Å². The Kier molecular flexibility index (Phi) is 4.42. The summed E-state index contributed by atoms with van der Waals surface area (Å²) >= 11 is 5.70. The van der Waals surface area contributed by atoms with E-state index < -0.39 is 11.0 Å². The van der Waals surface area contributed by atoms with Crippen molar-refractivity contribution < 1.29 is 9.72 Å². The zero-order valence-electron chi connectivity index (χ0n) is 9.14. The number of nitrogens with two attached hydrogens (primary N) is 1. The molecule has 0 aliphatic carbocycles. The van der Waals surface area contributed by atoms with Crippen molar-refractivity contribution >= 4 is 28.9 Å². The first-order valence-corrected chi connectivity index (χ1v) is 5.34. The van der Waals surface area contributed by atoms with Crippen LogP contribution in [-0.4, -0.2) is 16.9 Å². The Morgan fingerprint density at radius 2 is 2.29 bits per heavy atom. The van der Waals surface area contributed by atoms with Crippen LogP contribution in [-0.2, 0) is 4.79 Å². The van der Waals surface area contributed by atoms with E-state index >= 15 is 0 Å². The van der Waals surface area contributed by atoms with Crippen LogP contribution in [0.15, 0.2) is 18.2 Å². The number of anilines is 1. The minimum atomic E-state index is -0.607. The van der Waals surface area contributed by atoms with Crippen molar-refractivity contribution in [3.8, 4) is 0 Å². The highest BCUT2D eigenvalue weighted by Crippen LogP contribution is 2.27. The smallest absolute Gasteiger partial charge is 0.288 e. The van der Waals surface area contributed by atoms with Crippen molar-refractivity contribution in [1.29, 1.82) is 0 Å². The molecule has 7 heteroatoms. The molecule has 3 N–H and O–H groups in total. The molecule has 0 saturated heterocycles. The van der Waals surface area contributed by atoms with Crippen LogP contribution in [0.4, 0.5) is 11.4 Å². The minimum Gasteiger partial charge on any atom is -0.325 e. The Morgan fingerprint density at radius 1 is 1.65 bits per heavy atom. The highest BCUT2D eigenvalue weighted by atomic mass is 35.5. The number of nitro groups is 1. The summed E-state index contributed by atoms with van der Waals surface area (Å²) in [5.41, 5.74) is 5.71. The minimum absolute atomic E-state index is 0.0298. The molecule has 92 valence electrons. The highest BCUT2D eigenvalue weighted by Gasteiger charge is 2.15. The average Bonchev–Trinajstić information content (AvgIpc) is 2.27. The van der Waals surface area contributed by atoms with Crippen molar-refractivity contribution in [1.82, 2.24) is 0 Å². The maximum Gasteiger partial charge on any atom is 0.288 e. The second-order valence-corrected chi connectivity index (χ2v) is 3.83. The van der Waals surface area contributed by atoms with Crippen LogP contribution in [0, 0.1) is 10.1 Å². The molecule has 0 saturated carbocycles. The van der Waals surface area contributed by atoms with E-state index in [2.05, 4.69) is 5.32 Å². The van der Waals surface area contributed by atoms with Crippen LogP contribution in [0.3, 0.4) is 0 Å². The van der Waals surface area contributed by atoms with Gasteiger partial charge in [-0.2, -0.15) is 0 Å². The van der Waals surface area contributed by atoms with Gasteiger partial charge in [-0.25, -0.2) is 0 Å². The fourth-order valence-electron chi connectivity index (χ4n) is 1.15. The average molecular weight is 258 g/mol. The Labute approximate surface area is 103 Å². The SMILES string of the molecule is CC[C@H](N)C(=O)Nc1ccc([N+](=O)[O-])c(Cl)c1. The topological polar surface area (TPSA) is 98.3 Å². The first-order valence-electron chi connectivity index (χ1n) is 4.96. The van der Waals surface area contributed by atoms with Gasteiger partial charge in [0.15, 0.2) is 0 Å². The van der Waals surface area contributed by atoms with Gasteiger partial charge in [-0.05, 0) is 18.6 Å². The number of rotatable bonds is 4. The van der Waals surface area contributed by atoms with E-state index in [1.165, 1.54) is 18.2 Å². The number of hydrogen-bond donors (Lipinski definition) is 2. The molecule has 1 atom stereocenters. The van der Waals surface area contributed by atoms with Crippen LogP contribution in [0.5, 0.6) is 0 Å². The van der Waals surface area contributed by atoms with Crippen LogP contribution in [0.1, 0.15) is 13.3 Å². The van der Waals surface area contributed by atoms with Crippen LogP contribution < -0.4 is 11.1 Å². The van der Waals surface area contributed by atoms with Gasteiger partial charge in [-0.3, -0.25) is 14.9 Å². The van der Waals surface area contributed by atoms with Crippen LogP contribution >= 0.6 is 11.6 Å². The summed E-state index contributed by atoms with van der Waals surface area (Å²) in [4.78, 5) is 21.4. The van der Waals surface area contributed by atoms with Gasteiger partial charge >= 0.3 is 0 Å². The zero-order chi connectivity index (χ0) is 13.0.